The van der Waals surface area contributed by atoms with Gasteiger partial charge in [-0.3, -0.25) is 0 Å². The third kappa shape index (κ3) is 4.18. The van der Waals surface area contributed by atoms with Crippen molar-refractivity contribution in [2.45, 2.75) is 38.1 Å². The van der Waals surface area contributed by atoms with Crippen LogP contribution in [0.4, 0.5) is 0 Å². The molecule has 2 heterocycles. The van der Waals surface area contributed by atoms with E-state index in [1.54, 1.807) is 0 Å². The molecule has 24 heavy (non-hydrogen) atoms. The van der Waals surface area contributed by atoms with Crippen molar-refractivity contribution < 1.29 is 0 Å². The molecule has 0 aliphatic carbocycles. The Morgan fingerprint density at radius 3 is 2.71 bits per heavy atom. The first-order valence-electron chi connectivity index (χ1n) is 8.95. The van der Waals surface area contributed by atoms with Crippen LogP contribution in [0.1, 0.15) is 43.0 Å². The number of hydrogen-bond donors (Lipinski definition) is 1. The molecule has 1 fully saturated rings. The number of rotatable bonds is 4. The average Bonchev–Trinajstić information content (AvgIpc) is 2.88. The molecule has 3 rings (SSSR count). The lowest BCUT2D eigenvalue weighted by molar-refractivity contribution is 0.306. The lowest BCUT2D eigenvalue weighted by atomic mass is 10.1. The van der Waals surface area contributed by atoms with E-state index in [0.29, 0.717) is 6.04 Å². The summed E-state index contributed by atoms with van der Waals surface area (Å²) in [5.74, 6) is 0. The SMILES string of the molecule is Cn1cccc1[C@@H]1CCCCCN1C(=S)NCCc1ccccc1. The standard InChI is InChI=1S/C20H27N3S/c1-22-15-8-12-18(22)19-11-6-3-7-16-23(19)20(24)21-14-13-17-9-4-2-5-10-17/h2,4-5,8-10,12,15,19H,3,6-7,11,13-14,16H2,1H3,(H,21,24)/t19-/m0/s1. The predicted octanol–water partition coefficient (Wildman–Crippen LogP) is 4.06. The van der Waals surface area contributed by atoms with Crippen molar-refractivity contribution in [1.82, 2.24) is 14.8 Å². The Bertz CT molecular complexity index is 650. The van der Waals surface area contributed by atoms with Crippen LogP contribution in [-0.4, -0.2) is 27.7 Å². The molecule has 3 nitrogen and oxygen atoms in total. The fourth-order valence-corrected chi connectivity index (χ4v) is 3.86. The summed E-state index contributed by atoms with van der Waals surface area (Å²) in [5, 5.41) is 4.39. The van der Waals surface area contributed by atoms with Crippen molar-refractivity contribution in [3.63, 3.8) is 0 Å². The summed E-state index contributed by atoms with van der Waals surface area (Å²) in [4.78, 5) is 2.41. The number of aryl methyl sites for hydroxylation is 1. The largest absolute Gasteiger partial charge is 0.362 e. The molecule has 0 unspecified atom stereocenters. The number of nitrogens with one attached hydrogen (secondary N) is 1. The van der Waals surface area contributed by atoms with E-state index in [9.17, 15) is 0 Å². The first-order chi connectivity index (χ1) is 11.8. The van der Waals surface area contributed by atoms with Crippen LogP contribution in [0.5, 0.6) is 0 Å². The zero-order valence-electron chi connectivity index (χ0n) is 14.4. The second-order valence-corrected chi connectivity index (χ2v) is 6.96. The fraction of sp³-hybridized carbons (Fsp3) is 0.450. The lowest BCUT2D eigenvalue weighted by Crippen LogP contribution is -2.43. The molecule has 1 aliphatic rings. The van der Waals surface area contributed by atoms with E-state index < -0.39 is 0 Å². The number of thiocarbonyl (C=S) groups is 1. The van der Waals surface area contributed by atoms with Crippen LogP contribution in [0.25, 0.3) is 0 Å². The van der Waals surface area contributed by atoms with E-state index in [-0.39, 0.29) is 0 Å². The first-order valence-corrected chi connectivity index (χ1v) is 9.36. The minimum absolute atomic E-state index is 0.393. The molecule has 0 saturated carbocycles. The summed E-state index contributed by atoms with van der Waals surface area (Å²) in [7, 11) is 2.13. The van der Waals surface area contributed by atoms with E-state index >= 15 is 0 Å². The van der Waals surface area contributed by atoms with Gasteiger partial charge in [0.15, 0.2) is 5.11 Å². The highest BCUT2D eigenvalue weighted by Crippen LogP contribution is 2.30. The van der Waals surface area contributed by atoms with E-state index in [0.717, 1.165) is 24.6 Å². The van der Waals surface area contributed by atoms with Gasteiger partial charge in [0.25, 0.3) is 0 Å². The van der Waals surface area contributed by atoms with E-state index in [4.69, 9.17) is 12.2 Å². The molecule has 0 bridgehead atoms. The summed E-state index contributed by atoms with van der Waals surface area (Å²) in [6.07, 6.45) is 8.11. The van der Waals surface area contributed by atoms with Gasteiger partial charge in [-0.05, 0) is 49.2 Å². The Labute approximate surface area is 150 Å². The Balaban J connectivity index is 1.63. The Kier molecular flexibility index (Phi) is 5.91. The van der Waals surface area contributed by atoms with Crippen LogP contribution in [0.2, 0.25) is 0 Å². The molecule has 1 N–H and O–H groups in total. The topological polar surface area (TPSA) is 20.2 Å². The minimum atomic E-state index is 0.393. The predicted molar refractivity (Wildman–Crippen MR) is 104 cm³/mol. The van der Waals surface area contributed by atoms with Crippen LogP contribution in [0.3, 0.4) is 0 Å². The summed E-state index contributed by atoms with van der Waals surface area (Å²) < 4.78 is 2.23. The Hall–Kier alpha value is -1.81. The lowest BCUT2D eigenvalue weighted by Gasteiger charge is -2.33. The van der Waals surface area contributed by atoms with Gasteiger partial charge in [-0.25, -0.2) is 0 Å². The number of nitrogens with zero attached hydrogens (tertiary/aromatic N) is 2. The highest BCUT2D eigenvalue weighted by atomic mass is 32.1. The van der Waals surface area contributed by atoms with Gasteiger partial charge in [0.2, 0.25) is 0 Å². The summed E-state index contributed by atoms with van der Waals surface area (Å²) in [6, 6.07) is 15.3. The molecule has 1 saturated heterocycles. The Morgan fingerprint density at radius 1 is 1.12 bits per heavy atom. The molecule has 4 heteroatoms. The molecule has 0 radical (unpaired) electrons. The van der Waals surface area contributed by atoms with Crippen molar-refractivity contribution in [3.8, 4) is 0 Å². The molecule has 1 aromatic carbocycles. The molecule has 1 aliphatic heterocycles. The third-order valence-corrected chi connectivity index (χ3v) is 5.25. The van der Waals surface area contributed by atoms with Crippen molar-refractivity contribution in [1.29, 1.82) is 0 Å². The summed E-state index contributed by atoms with van der Waals surface area (Å²) in [5.41, 5.74) is 2.71. The fourth-order valence-electron chi connectivity index (χ4n) is 3.54. The van der Waals surface area contributed by atoms with E-state index in [2.05, 4.69) is 70.5 Å². The highest BCUT2D eigenvalue weighted by molar-refractivity contribution is 7.80. The van der Waals surface area contributed by atoms with Gasteiger partial charge in [0.05, 0.1) is 6.04 Å². The molecule has 1 aromatic heterocycles. The number of benzene rings is 1. The third-order valence-electron chi connectivity index (χ3n) is 4.87. The molecule has 128 valence electrons. The second-order valence-electron chi connectivity index (χ2n) is 6.57. The normalized spacial score (nSPS) is 18.2. The quantitative estimate of drug-likeness (QED) is 0.847. The minimum Gasteiger partial charge on any atom is -0.362 e. The number of hydrogen-bond acceptors (Lipinski definition) is 1. The monoisotopic (exact) mass is 341 g/mol. The van der Waals surface area contributed by atoms with Gasteiger partial charge in [0.1, 0.15) is 0 Å². The summed E-state index contributed by atoms with van der Waals surface area (Å²) in [6.45, 7) is 1.94. The molecule has 0 spiro atoms. The zero-order valence-corrected chi connectivity index (χ0v) is 15.3. The maximum atomic E-state index is 5.75. The van der Waals surface area contributed by atoms with Gasteiger partial charge in [0, 0.05) is 32.0 Å². The zero-order chi connectivity index (χ0) is 16.8. The van der Waals surface area contributed by atoms with Crippen molar-refractivity contribution in [2.75, 3.05) is 13.1 Å². The molecule has 0 amide bonds. The van der Waals surface area contributed by atoms with E-state index in [1.165, 1.54) is 36.9 Å². The highest BCUT2D eigenvalue weighted by Gasteiger charge is 2.26. The van der Waals surface area contributed by atoms with Gasteiger partial charge < -0.3 is 14.8 Å². The van der Waals surface area contributed by atoms with E-state index in [1.807, 2.05) is 0 Å². The van der Waals surface area contributed by atoms with Crippen LogP contribution < -0.4 is 5.32 Å². The van der Waals surface area contributed by atoms with Crippen LogP contribution in [0, 0.1) is 0 Å². The molecule has 1 atom stereocenters. The molecular weight excluding hydrogens is 314 g/mol. The first kappa shape index (κ1) is 17.0. The Morgan fingerprint density at radius 2 is 1.96 bits per heavy atom. The van der Waals surface area contributed by atoms with Crippen LogP contribution in [0.15, 0.2) is 48.7 Å². The maximum absolute atomic E-state index is 5.75. The van der Waals surface area contributed by atoms with Crippen molar-refractivity contribution in [2.24, 2.45) is 7.05 Å². The maximum Gasteiger partial charge on any atom is 0.169 e. The second kappa shape index (κ2) is 8.34. The van der Waals surface area contributed by atoms with Gasteiger partial charge in [-0.2, -0.15) is 0 Å². The van der Waals surface area contributed by atoms with Gasteiger partial charge >= 0.3 is 0 Å². The molecule has 2 aromatic rings. The summed E-state index contributed by atoms with van der Waals surface area (Å²) >= 11 is 5.75. The van der Waals surface area contributed by atoms with Crippen molar-refractivity contribution in [3.05, 3.63) is 59.9 Å². The number of likely N-dealkylation sites (tertiary alicyclic amines) is 1. The van der Waals surface area contributed by atoms with Crippen LogP contribution in [-0.2, 0) is 13.5 Å². The van der Waals surface area contributed by atoms with Crippen LogP contribution >= 0.6 is 12.2 Å². The smallest absolute Gasteiger partial charge is 0.169 e. The number of aromatic nitrogens is 1. The molecular formula is C20H27N3S. The van der Waals surface area contributed by atoms with Gasteiger partial charge in [-0.15, -0.1) is 0 Å². The van der Waals surface area contributed by atoms with Gasteiger partial charge in [-0.1, -0.05) is 43.2 Å². The average molecular weight is 342 g/mol. The van der Waals surface area contributed by atoms with Crippen molar-refractivity contribution >= 4 is 17.3 Å².